The number of rotatable bonds is 6. The average molecular weight is 280 g/mol. The number of benzene rings is 2. The molecule has 2 aromatic rings. The highest BCUT2D eigenvalue weighted by Gasteiger charge is 2.28. The lowest BCUT2D eigenvalue weighted by molar-refractivity contribution is 0.815. The second-order valence-corrected chi connectivity index (χ2v) is 9.37. The molecule has 0 saturated heterocycles. The molecule has 0 bridgehead atoms. The van der Waals surface area contributed by atoms with Gasteiger partial charge < -0.3 is 0 Å². The van der Waals surface area contributed by atoms with Gasteiger partial charge in [0.05, 0.1) is 0 Å². The van der Waals surface area contributed by atoms with E-state index in [2.05, 4.69) is 85.9 Å². The minimum absolute atomic E-state index is 1.19. The van der Waals surface area contributed by atoms with Gasteiger partial charge in [-0.25, -0.2) is 0 Å². The third-order valence-electron chi connectivity index (χ3n) is 3.92. The largest absolute Gasteiger partial charge is 0.137 e. The van der Waals surface area contributed by atoms with Crippen LogP contribution in [-0.4, -0.2) is 8.07 Å². The van der Waals surface area contributed by atoms with Gasteiger partial charge in [-0.1, -0.05) is 109 Å². The molecule has 0 amide bonds. The van der Waals surface area contributed by atoms with Crippen LogP contribution in [0.4, 0.5) is 0 Å². The Kier molecular flexibility index (Phi) is 5.37. The topological polar surface area (TPSA) is 0 Å². The van der Waals surface area contributed by atoms with Crippen LogP contribution in [0.25, 0.3) is 0 Å². The maximum atomic E-state index is 2.51. The fourth-order valence-electron chi connectivity index (χ4n) is 2.57. The van der Waals surface area contributed by atoms with E-state index in [9.17, 15) is 0 Å². The highest BCUT2D eigenvalue weighted by Crippen LogP contribution is 2.09. The van der Waals surface area contributed by atoms with Crippen LogP contribution >= 0.6 is 0 Å². The molecule has 2 rings (SSSR count). The second-order valence-electron chi connectivity index (χ2n) is 5.48. The predicted molar refractivity (Wildman–Crippen MR) is 92.4 cm³/mol. The Balaban J connectivity index is 2.36. The maximum absolute atomic E-state index is 2.51. The standard InChI is InChI=1S/C19H24Si/c1-3-4-5-12-17-20(2,18-13-8-6-9-14-18)19-15-10-7-11-16-19/h6-17H,3-5H2,1-2H3/b17-12+. The van der Waals surface area contributed by atoms with Crippen LogP contribution in [0.15, 0.2) is 72.4 Å². The van der Waals surface area contributed by atoms with Crippen LogP contribution < -0.4 is 10.4 Å². The summed E-state index contributed by atoms with van der Waals surface area (Å²) in [4.78, 5) is 0. The van der Waals surface area contributed by atoms with Crippen LogP contribution in [0, 0.1) is 0 Å². The summed E-state index contributed by atoms with van der Waals surface area (Å²) in [5.41, 5.74) is 2.51. The predicted octanol–water partition coefficient (Wildman–Crippen LogP) is 4.17. The van der Waals surface area contributed by atoms with E-state index >= 15 is 0 Å². The minimum Gasteiger partial charge on any atom is -0.0917 e. The Morgan fingerprint density at radius 2 is 1.35 bits per heavy atom. The zero-order chi connectivity index (χ0) is 14.3. The minimum atomic E-state index is -1.73. The molecular formula is C19H24Si. The zero-order valence-corrected chi connectivity index (χ0v) is 13.5. The van der Waals surface area contributed by atoms with Gasteiger partial charge in [0.1, 0.15) is 8.07 Å². The molecule has 0 fully saturated rings. The molecule has 0 unspecified atom stereocenters. The van der Waals surface area contributed by atoms with E-state index in [0.29, 0.717) is 0 Å². The summed E-state index contributed by atoms with van der Waals surface area (Å²) in [7, 11) is -1.73. The molecule has 0 N–H and O–H groups in total. The van der Waals surface area contributed by atoms with Gasteiger partial charge in [0, 0.05) is 0 Å². The van der Waals surface area contributed by atoms with Crippen molar-refractivity contribution >= 4 is 18.4 Å². The maximum Gasteiger partial charge on any atom is 0.137 e. The lowest BCUT2D eigenvalue weighted by atomic mass is 10.2. The molecule has 0 saturated carbocycles. The van der Waals surface area contributed by atoms with Gasteiger partial charge in [0.2, 0.25) is 0 Å². The monoisotopic (exact) mass is 280 g/mol. The Morgan fingerprint density at radius 3 is 1.80 bits per heavy atom. The van der Waals surface area contributed by atoms with Gasteiger partial charge in [-0.15, -0.1) is 0 Å². The Hall–Kier alpha value is -1.60. The number of allylic oxidation sites excluding steroid dienone is 1. The Bertz CT molecular complexity index is 489. The first-order valence-electron chi connectivity index (χ1n) is 7.56. The van der Waals surface area contributed by atoms with Crippen molar-refractivity contribution in [3.63, 3.8) is 0 Å². The molecule has 0 aliphatic carbocycles. The molecule has 0 aliphatic heterocycles. The van der Waals surface area contributed by atoms with E-state index in [4.69, 9.17) is 0 Å². The van der Waals surface area contributed by atoms with Crippen molar-refractivity contribution in [2.75, 3.05) is 0 Å². The second kappa shape index (κ2) is 7.25. The van der Waals surface area contributed by atoms with Gasteiger partial charge >= 0.3 is 0 Å². The van der Waals surface area contributed by atoms with Gasteiger partial charge in [-0.3, -0.25) is 0 Å². The quantitative estimate of drug-likeness (QED) is 0.550. The Morgan fingerprint density at radius 1 is 0.850 bits per heavy atom. The first-order chi connectivity index (χ1) is 9.77. The number of hydrogen-bond donors (Lipinski definition) is 0. The van der Waals surface area contributed by atoms with E-state index in [0.717, 1.165) is 0 Å². The third-order valence-corrected chi connectivity index (χ3v) is 7.89. The first kappa shape index (κ1) is 14.8. The van der Waals surface area contributed by atoms with Crippen molar-refractivity contribution in [1.29, 1.82) is 0 Å². The van der Waals surface area contributed by atoms with Crippen LogP contribution in [0.5, 0.6) is 0 Å². The third kappa shape index (κ3) is 3.49. The highest BCUT2D eigenvalue weighted by molar-refractivity contribution is 7.05. The zero-order valence-electron chi connectivity index (χ0n) is 12.5. The molecule has 0 radical (unpaired) electrons. The van der Waals surface area contributed by atoms with Gasteiger partial charge in [0.25, 0.3) is 0 Å². The van der Waals surface area contributed by atoms with Crippen LogP contribution in [-0.2, 0) is 0 Å². The Labute approximate surface area is 124 Å². The molecule has 0 heterocycles. The lowest BCUT2D eigenvalue weighted by Gasteiger charge is -2.25. The molecule has 104 valence electrons. The fraction of sp³-hybridized carbons (Fsp3) is 0.263. The number of hydrogen-bond acceptors (Lipinski definition) is 0. The van der Waals surface area contributed by atoms with Crippen molar-refractivity contribution in [3.8, 4) is 0 Å². The molecule has 0 nitrogen and oxygen atoms in total. The summed E-state index contributed by atoms with van der Waals surface area (Å²) in [5, 5.41) is 2.97. The van der Waals surface area contributed by atoms with E-state index in [1.165, 1.54) is 29.6 Å². The molecule has 0 aliphatic rings. The van der Waals surface area contributed by atoms with Crippen LogP contribution in [0.2, 0.25) is 6.55 Å². The van der Waals surface area contributed by atoms with Gasteiger partial charge in [-0.05, 0) is 6.42 Å². The molecule has 1 heteroatoms. The summed E-state index contributed by atoms with van der Waals surface area (Å²) >= 11 is 0. The summed E-state index contributed by atoms with van der Waals surface area (Å²) < 4.78 is 0. The van der Waals surface area contributed by atoms with Crippen molar-refractivity contribution in [2.24, 2.45) is 0 Å². The summed E-state index contributed by atoms with van der Waals surface area (Å²) in [6, 6.07) is 22.0. The van der Waals surface area contributed by atoms with E-state index in [-0.39, 0.29) is 0 Å². The van der Waals surface area contributed by atoms with Crippen molar-refractivity contribution in [2.45, 2.75) is 32.7 Å². The smallest absolute Gasteiger partial charge is 0.0917 e. The molecular weight excluding hydrogens is 256 g/mol. The molecule has 0 aromatic heterocycles. The molecule has 0 atom stereocenters. The average Bonchev–Trinajstić information content (AvgIpc) is 2.53. The summed E-state index contributed by atoms with van der Waals surface area (Å²) in [6.45, 7) is 4.69. The van der Waals surface area contributed by atoms with E-state index in [1.807, 2.05) is 0 Å². The first-order valence-corrected chi connectivity index (χ1v) is 10.1. The van der Waals surface area contributed by atoms with Gasteiger partial charge in [0.15, 0.2) is 0 Å². The van der Waals surface area contributed by atoms with Crippen molar-refractivity contribution in [1.82, 2.24) is 0 Å². The molecule has 0 spiro atoms. The lowest BCUT2D eigenvalue weighted by Crippen LogP contribution is -2.54. The SMILES string of the molecule is CCCC/C=C/[Si](C)(c1ccccc1)c1ccccc1. The highest BCUT2D eigenvalue weighted by atomic mass is 28.3. The van der Waals surface area contributed by atoms with E-state index < -0.39 is 8.07 Å². The number of unbranched alkanes of at least 4 members (excludes halogenated alkanes) is 2. The molecule has 20 heavy (non-hydrogen) atoms. The van der Waals surface area contributed by atoms with Crippen molar-refractivity contribution in [3.05, 3.63) is 72.4 Å². The van der Waals surface area contributed by atoms with Gasteiger partial charge in [-0.2, -0.15) is 0 Å². The fourth-order valence-corrected chi connectivity index (χ4v) is 5.69. The van der Waals surface area contributed by atoms with E-state index in [1.54, 1.807) is 0 Å². The summed E-state index contributed by atoms with van der Waals surface area (Å²) in [6.07, 6.45) is 6.14. The molecule has 2 aromatic carbocycles. The van der Waals surface area contributed by atoms with Crippen LogP contribution in [0.1, 0.15) is 26.2 Å². The van der Waals surface area contributed by atoms with Crippen molar-refractivity contribution < 1.29 is 0 Å². The summed E-state index contributed by atoms with van der Waals surface area (Å²) in [5.74, 6) is 0. The van der Waals surface area contributed by atoms with Crippen LogP contribution in [0.3, 0.4) is 0 Å². The normalized spacial score (nSPS) is 11.9.